The maximum atomic E-state index is 4.72. The third-order valence-corrected chi connectivity index (χ3v) is 4.44. The summed E-state index contributed by atoms with van der Waals surface area (Å²) in [6.45, 7) is 2.01. The zero-order chi connectivity index (χ0) is 14.9. The molecule has 0 unspecified atom stereocenters. The second-order valence-electron chi connectivity index (χ2n) is 5.09. The Labute approximate surface area is 132 Å². The van der Waals surface area contributed by atoms with Crippen LogP contribution in [0.2, 0.25) is 0 Å². The second-order valence-corrected chi connectivity index (χ2v) is 6.06. The fourth-order valence-corrected chi connectivity index (χ4v) is 3.29. The molecule has 4 aromatic rings. The standard InChI is InChI=1S/C17H14N4S/c1-11-16(19-13-7-3-2-6-12(13)18-11)10-22-17-20-14-8-4-5-9-15(14)21-17/h2-9H,10H2,1H3,(H,20,21). The lowest BCUT2D eigenvalue weighted by atomic mass is 10.2. The average Bonchev–Trinajstić information content (AvgIpc) is 2.95. The molecule has 108 valence electrons. The van der Waals surface area contributed by atoms with E-state index in [4.69, 9.17) is 4.98 Å². The van der Waals surface area contributed by atoms with Crippen molar-refractivity contribution < 1.29 is 0 Å². The van der Waals surface area contributed by atoms with E-state index >= 15 is 0 Å². The molecular weight excluding hydrogens is 292 g/mol. The van der Waals surface area contributed by atoms with E-state index in [0.717, 1.165) is 44.4 Å². The summed E-state index contributed by atoms with van der Waals surface area (Å²) in [5.74, 6) is 0.753. The van der Waals surface area contributed by atoms with Gasteiger partial charge in [-0.1, -0.05) is 36.0 Å². The Morgan fingerprint density at radius 2 is 1.55 bits per heavy atom. The van der Waals surface area contributed by atoms with Crippen LogP contribution >= 0.6 is 11.8 Å². The fourth-order valence-electron chi connectivity index (χ4n) is 2.40. The molecule has 0 spiro atoms. The number of hydrogen-bond donors (Lipinski definition) is 1. The van der Waals surface area contributed by atoms with Gasteiger partial charge >= 0.3 is 0 Å². The topological polar surface area (TPSA) is 54.5 Å². The summed E-state index contributed by atoms with van der Waals surface area (Å²) in [5, 5.41) is 0.913. The molecule has 22 heavy (non-hydrogen) atoms. The summed E-state index contributed by atoms with van der Waals surface area (Å²) in [4.78, 5) is 17.2. The molecule has 0 fully saturated rings. The van der Waals surface area contributed by atoms with Crippen molar-refractivity contribution in [3.05, 3.63) is 59.9 Å². The quantitative estimate of drug-likeness (QED) is 0.579. The largest absolute Gasteiger partial charge is 0.333 e. The molecule has 2 aromatic carbocycles. The minimum Gasteiger partial charge on any atom is -0.333 e. The Kier molecular flexibility index (Phi) is 3.27. The van der Waals surface area contributed by atoms with Gasteiger partial charge in [0.2, 0.25) is 0 Å². The molecule has 1 N–H and O–H groups in total. The predicted molar refractivity (Wildman–Crippen MR) is 89.9 cm³/mol. The summed E-state index contributed by atoms with van der Waals surface area (Å²) in [6.07, 6.45) is 0. The molecule has 0 bridgehead atoms. The van der Waals surface area contributed by atoms with Gasteiger partial charge in [0.25, 0.3) is 0 Å². The number of aromatic amines is 1. The van der Waals surface area contributed by atoms with E-state index in [1.807, 2.05) is 55.5 Å². The van der Waals surface area contributed by atoms with Crippen molar-refractivity contribution in [2.45, 2.75) is 17.8 Å². The smallest absolute Gasteiger partial charge is 0.166 e. The van der Waals surface area contributed by atoms with E-state index in [9.17, 15) is 0 Å². The van der Waals surface area contributed by atoms with Crippen molar-refractivity contribution in [1.82, 2.24) is 19.9 Å². The highest BCUT2D eigenvalue weighted by Crippen LogP contribution is 2.24. The Morgan fingerprint density at radius 3 is 2.32 bits per heavy atom. The summed E-state index contributed by atoms with van der Waals surface area (Å²) in [7, 11) is 0. The van der Waals surface area contributed by atoms with Crippen LogP contribution in [-0.4, -0.2) is 19.9 Å². The third-order valence-electron chi connectivity index (χ3n) is 3.56. The van der Waals surface area contributed by atoms with Gasteiger partial charge in [-0.15, -0.1) is 0 Å². The average molecular weight is 306 g/mol. The van der Waals surface area contributed by atoms with Crippen LogP contribution in [0.5, 0.6) is 0 Å². The van der Waals surface area contributed by atoms with Gasteiger partial charge in [-0.3, -0.25) is 0 Å². The number of aryl methyl sites for hydroxylation is 1. The molecular formula is C17H14N4S. The zero-order valence-electron chi connectivity index (χ0n) is 12.1. The van der Waals surface area contributed by atoms with Crippen LogP contribution in [0, 0.1) is 6.92 Å². The SMILES string of the molecule is Cc1nc2ccccc2nc1CSc1nc2ccccc2[nH]1. The molecule has 0 aliphatic rings. The number of aromatic nitrogens is 4. The lowest BCUT2D eigenvalue weighted by Gasteiger charge is -2.05. The molecule has 0 aliphatic carbocycles. The maximum Gasteiger partial charge on any atom is 0.166 e. The normalized spacial score (nSPS) is 11.3. The molecule has 4 rings (SSSR count). The van der Waals surface area contributed by atoms with Crippen LogP contribution in [0.3, 0.4) is 0 Å². The third kappa shape index (κ3) is 2.44. The Hall–Kier alpha value is -2.40. The van der Waals surface area contributed by atoms with Crippen molar-refractivity contribution in [2.24, 2.45) is 0 Å². The number of thioether (sulfide) groups is 1. The Morgan fingerprint density at radius 1 is 0.864 bits per heavy atom. The highest BCUT2D eigenvalue weighted by molar-refractivity contribution is 7.98. The molecule has 0 radical (unpaired) electrons. The van der Waals surface area contributed by atoms with E-state index in [-0.39, 0.29) is 0 Å². The van der Waals surface area contributed by atoms with Gasteiger partial charge in [0, 0.05) is 5.75 Å². The number of hydrogen-bond acceptors (Lipinski definition) is 4. The van der Waals surface area contributed by atoms with Crippen LogP contribution in [0.1, 0.15) is 11.4 Å². The predicted octanol–water partition coefficient (Wildman–Crippen LogP) is 4.11. The van der Waals surface area contributed by atoms with Crippen LogP contribution in [-0.2, 0) is 5.75 Å². The fraction of sp³-hybridized carbons (Fsp3) is 0.118. The molecule has 4 nitrogen and oxygen atoms in total. The van der Waals surface area contributed by atoms with Gasteiger partial charge in [0.1, 0.15) is 0 Å². The first-order valence-corrected chi connectivity index (χ1v) is 8.08. The first-order chi connectivity index (χ1) is 10.8. The van der Waals surface area contributed by atoms with Crippen molar-refractivity contribution in [3.8, 4) is 0 Å². The van der Waals surface area contributed by atoms with E-state index in [0.29, 0.717) is 0 Å². The summed E-state index contributed by atoms with van der Waals surface area (Å²) in [5.41, 5.74) is 5.91. The number of H-pyrrole nitrogens is 1. The van der Waals surface area contributed by atoms with E-state index in [2.05, 4.69) is 15.0 Å². The number of rotatable bonds is 3. The Balaban J connectivity index is 1.61. The van der Waals surface area contributed by atoms with Crippen molar-refractivity contribution in [3.63, 3.8) is 0 Å². The molecule has 0 atom stereocenters. The number of fused-ring (bicyclic) bond motifs is 2. The molecule has 0 amide bonds. The lowest BCUT2D eigenvalue weighted by molar-refractivity contribution is 1.05. The molecule has 0 aliphatic heterocycles. The first kappa shape index (κ1) is 13.3. The number of para-hydroxylation sites is 4. The number of benzene rings is 2. The summed E-state index contributed by atoms with van der Waals surface area (Å²) in [6, 6.07) is 16.0. The van der Waals surface area contributed by atoms with Gasteiger partial charge in [0.05, 0.1) is 33.5 Å². The van der Waals surface area contributed by atoms with Gasteiger partial charge in [-0.05, 0) is 31.2 Å². The summed E-state index contributed by atoms with van der Waals surface area (Å²) >= 11 is 1.65. The number of imidazole rings is 1. The van der Waals surface area contributed by atoms with E-state index in [1.54, 1.807) is 11.8 Å². The van der Waals surface area contributed by atoms with Crippen molar-refractivity contribution >= 4 is 33.8 Å². The highest BCUT2D eigenvalue weighted by Gasteiger charge is 2.08. The lowest BCUT2D eigenvalue weighted by Crippen LogP contribution is -1.97. The minimum atomic E-state index is 0.753. The molecule has 2 heterocycles. The van der Waals surface area contributed by atoms with Crippen LogP contribution in [0.4, 0.5) is 0 Å². The summed E-state index contributed by atoms with van der Waals surface area (Å²) < 4.78 is 0. The van der Waals surface area contributed by atoms with Crippen molar-refractivity contribution in [2.75, 3.05) is 0 Å². The van der Waals surface area contributed by atoms with E-state index in [1.165, 1.54) is 0 Å². The number of nitrogens with one attached hydrogen (secondary N) is 1. The molecule has 5 heteroatoms. The maximum absolute atomic E-state index is 4.72. The van der Waals surface area contributed by atoms with Crippen LogP contribution < -0.4 is 0 Å². The monoisotopic (exact) mass is 306 g/mol. The van der Waals surface area contributed by atoms with Gasteiger partial charge < -0.3 is 4.98 Å². The van der Waals surface area contributed by atoms with E-state index < -0.39 is 0 Å². The molecule has 2 aromatic heterocycles. The van der Waals surface area contributed by atoms with Gasteiger partial charge in [-0.2, -0.15) is 0 Å². The highest BCUT2D eigenvalue weighted by atomic mass is 32.2. The molecule has 0 saturated heterocycles. The van der Waals surface area contributed by atoms with Gasteiger partial charge in [0.15, 0.2) is 5.16 Å². The molecule has 0 saturated carbocycles. The Bertz CT molecular complexity index is 928. The van der Waals surface area contributed by atoms with Crippen molar-refractivity contribution in [1.29, 1.82) is 0 Å². The minimum absolute atomic E-state index is 0.753. The number of nitrogens with zero attached hydrogens (tertiary/aromatic N) is 3. The van der Waals surface area contributed by atoms with Crippen LogP contribution in [0.15, 0.2) is 53.7 Å². The second kappa shape index (κ2) is 5.42. The first-order valence-electron chi connectivity index (χ1n) is 7.09. The zero-order valence-corrected chi connectivity index (χ0v) is 12.9. The van der Waals surface area contributed by atoms with Gasteiger partial charge in [-0.25, -0.2) is 15.0 Å². The van der Waals surface area contributed by atoms with Crippen LogP contribution in [0.25, 0.3) is 22.1 Å².